The van der Waals surface area contributed by atoms with E-state index in [2.05, 4.69) is 4.98 Å². The fourth-order valence-electron chi connectivity index (χ4n) is 1.58. The summed E-state index contributed by atoms with van der Waals surface area (Å²) >= 11 is 0.956. The highest BCUT2D eigenvalue weighted by molar-refractivity contribution is 7.12. The van der Waals surface area contributed by atoms with Gasteiger partial charge >= 0.3 is 5.97 Å². The van der Waals surface area contributed by atoms with E-state index in [0.717, 1.165) is 11.3 Å². The molecule has 0 fully saturated rings. The number of hydrogen-bond donors (Lipinski definition) is 1. The molecule has 0 unspecified atom stereocenters. The van der Waals surface area contributed by atoms with Gasteiger partial charge in [-0.25, -0.2) is 9.78 Å². The molecule has 1 N–H and O–H groups in total. The van der Waals surface area contributed by atoms with Crippen molar-refractivity contribution in [3.05, 3.63) is 45.9 Å². The van der Waals surface area contributed by atoms with Crippen LogP contribution in [0.15, 0.2) is 29.6 Å². The average molecular weight is 287 g/mol. The van der Waals surface area contributed by atoms with Crippen molar-refractivity contribution < 1.29 is 14.7 Å². The molecular weight excluding hydrogens is 278 g/mol. The van der Waals surface area contributed by atoms with Crippen molar-refractivity contribution in [2.24, 2.45) is 0 Å². The van der Waals surface area contributed by atoms with Crippen LogP contribution in [0.2, 0.25) is 0 Å². The third kappa shape index (κ3) is 2.50. The summed E-state index contributed by atoms with van der Waals surface area (Å²) in [5, 5.41) is 19.2. The lowest BCUT2D eigenvalue weighted by molar-refractivity contribution is 0.0691. The Morgan fingerprint density at radius 3 is 2.70 bits per heavy atom. The Morgan fingerprint density at radius 1 is 1.40 bits per heavy atom. The normalized spacial score (nSPS) is 9.80. The third-order valence-corrected chi connectivity index (χ3v) is 3.43. The first-order valence-electron chi connectivity index (χ1n) is 5.50. The molecule has 0 spiro atoms. The maximum absolute atomic E-state index is 12.2. The molecule has 7 heteroatoms. The number of carboxylic acids is 1. The number of carbonyl (C=O) groups is 2. The lowest BCUT2D eigenvalue weighted by atomic mass is 10.2. The van der Waals surface area contributed by atoms with E-state index in [1.54, 1.807) is 24.3 Å². The third-order valence-electron chi connectivity index (χ3n) is 2.60. The fraction of sp³-hybridized carbons (Fsp3) is 0.0769. The minimum atomic E-state index is -1.18. The summed E-state index contributed by atoms with van der Waals surface area (Å²) in [5.74, 6) is -1.63. The number of hydrogen-bond acceptors (Lipinski definition) is 5. The van der Waals surface area contributed by atoms with Gasteiger partial charge in [0.1, 0.15) is 6.07 Å². The van der Waals surface area contributed by atoms with Crippen LogP contribution in [-0.4, -0.2) is 29.0 Å². The van der Waals surface area contributed by atoms with Crippen LogP contribution >= 0.6 is 11.3 Å². The first-order valence-corrected chi connectivity index (χ1v) is 6.38. The van der Waals surface area contributed by atoms with Crippen molar-refractivity contribution in [2.75, 3.05) is 11.9 Å². The molecule has 0 bridgehead atoms. The van der Waals surface area contributed by atoms with Gasteiger partial charge < -0.3 is 10.0 Å². The molecule has 20 heavy (non-hydrogen) atoms. The molecule has 100 valence electrons. The molecule has 6 nitrogen and oxygen atoms in total. The van der Waals surface area contributed by atoms with Crippen LogP contribution in [0.4, 0.5) is 5.69 Å². The van der Waals surface area contributed by atoms with Crippen molar-refractivity contribution in [2.45, 2.75) is 0 Å². The van der Waals surface area contributed by atoms with Crippen molar-refractivity contribution in [3.63, 3.8) is 0 Å². The molecule has 0 radical (unpaired) electrons. The Hall–Kier alpha value is -2.72. The first-order chi connectivity index (χ1) is 9.54. The van der Waals surface area contributed by atoms with Crippen LogP contribution in [0.1, 0.15) is 25.9 Å². The number of carbonyl (C=O) groups excluding carboxylic acids is 1. The molecule has 1 heterocycles. The number of para-hydroxylation sites is 1. The highest BCUT2D eigenvalue weighted by Crippen LogP contribution is 2.21. The molecule has 1 amide bonds. The SMILES string of the molecule is CN(C(=O)c1nc(C(=O)O)cs1)c1ccccc1C#N. The lowest BCUT2D eigenvalue weighted by Gasteiger charge is -2.16. The molecule has 2 rings (SSSR count). The molecule has 1 aromatic heterocycles. The second-order valence-electron chi connectivity index (χ2n) is 3.84. The van der Waals surface area contributed by atoms with Crippen molar-refractivity contribution in [3.8, 4) is 6.07 Å². The smallest absolute Gasteiger partial charge is 0.355 e. The minimum absolute atomic E-state index is 0.0673. The molecule has 0 saturated carbocycles. The number of benzene rings is 1. The Bertz CT molecular complexity index is 718. The van der Waals surface area contributed by atoms with Gasteiger partial charge in [-0.2, -0.15) is 5.26 Å². The molecule has 2 aromatic rings. The minimum Gasteiger partial charge on any atom is -0.476 e. The first kappa shape index (κ1) is 13.7. The molecular formula is C13H9N3O3S. The van der Waals surface area contributed by atoms with E-state index < -0.39 is 11.9 Å². The van der Waals surface area contributed by atoms with Gasteiger partial charge in [0.25, 0.3) is 5.91 Å². The number of thiazole rings is 1. The van der Waals surface area contributed by atoms with Gasteiger partial charge in [0, 0.05) is 12.4 Å². The maximum atomic E-state index is 12.2. The highest BCUT2D eigenvalue weighted by atomic mass is 32.1. The molecule has 0 atom stereocenters. The van der Waals surface area contributed by atoms with Crippen LogP contribution in [0.3, 0.4) is 0 Å². The maximum Gasteiger partial charge on any atom is 0.355 e. The highest BCUT2D eigenvalue weighted by Gasteiger charge is 2.20. The quantitative estimate of drug-likeness (QED) is 0.931. The lowest BCUT2D eigenvalue weighted by Crippen LogP contribution is -2.27. The van der Waals surface area contributed by atoms with E-state index in [0.29, 0.717) is 11.3 Å². The monoisotopic (exact) mass is 287 g/mol. The fourth-order valence-corrected chi connectivity index (χ4v) is 2.35. The van der Waals surface area contributed by atoms with Gasteiger partial charge in [0.2, 0.25) is 0 Å². The summed E-state index contributed by atoms with van der Waals surface area (Å²) in [6.07, 6.45) is 0. The van der Waals surface area contributed by atoms with Crippen molar-refractivity contribution >= 4 is 28.9 Å². The molecule has 0 aliphatic rings. The van der Waals surface area contributed by atoms with Crippen LogP contribution in [0.5, 0.6) is 0 Å². The van der Waals surface area contributed by atoms with Gasteiger partial charge in [0.05, 0.1) is 11.3 Å². The zero-order chi connectivity index (χ0) is 14.7. The predicted molar refractivity (Wildman–Crippen MR) is 73.0 cm³/mol. The van der Waals surface area contributed by atoms with E-state index in [1.807, 2.05) is 6.07 Å². The second kappa shape index (κ2) is 5.50. The van der Waals surface area contributed by atoms with Gasteiger partial charge in [-0.15, -0.1) is 11.3 Å². The number of carboxylic acid groups (broad SMARTS) is 1. The van der Waals surface area contributed by atoms with E-state index in [9.17, 15) is 9.59 Å². The molecule has 1 aromatic carbocycles. The average Bonchev–Trinajstić information content (AvgIpc) is 2.95. The number of anilines is 1. The van der Waals surface area contributed by atoms with E-state index in [1.165, 1.54) is 17.3 Å². The summed E-state index contributed by atoms with van der Waals surface area (Å²) in [6, 6.07) is 8.66. The Kier molecular flexibility index (Phi) is 3.77. The van der Waals surface area contributed by atoms with Gasteiger partial charge in [-0.05, 0) is 12.1 Å². The summed E-state index contributed by atoms with van der Waals surface area (Å²) in [5.41, 5.74) is 0.644. The van der Waals surface area contributed by atoms with Crippen LogP contribution in [0.25, 0.3) is 0 Å². The largest absolute Gasteiger partial charge is 0.476 e. The van der Waals surface area contributed by atoms with Gasteiger partial charge in [0.15, 0.2) is 10.7 Å². The van der Waals surface area contributed by atoms with Crippen LogP contribution < -0.4 is 4.90 Å². The Balaban J connectivity index is 2.33. The van der Waals surface area contributed by atoms with E-state index in [4.69, 9.17) is 10.4 Å². The van der Waals surface area contributed by atoms with Crippen molar-refractivity contribution in [1.29, 1.82) is 5.26 Å². The number of aromatic carboxylic acids is 1. The van der Waals surface area contributed by atoms with Gasteiger partial charge in [-0.3, -0.25) is 4.79 Å². The number of nitrogens with zero attached hydrogens (tertiary/aromatic N) is 3. The Morgan fingerprint density at radius 2 is 2.10 bits per heavy atom. The topological polar surface area (TPSA) is 94.3 Å². The molecule has 0 saturated heterocycles. The van der Waals surface area contributed by atoms with Crippen LogP contribution in [0, 0.1) is 11.3 Å². The van der Waals surface area contributed by atoms with Crippen LogP contribution in [-0.2, 0) is 0 Å². The molecule has 0 aliphatic carbocycles. The summed E-state index contributed by atoms with van der Waals surface area (Å²) in [4.78, 5) is 28.0. The number of aromatic nitrogens is 1. The van der Waals surface area contributed by atoms with E-state index >= 15 is 0 Å². The number of rotatable bonds is 3. The second-order valence-corrected chi connectivity index (χ2v) is 4.69. The van der Waals surface area contributed by atoms with Gasteiger partial charge in [-0.1, -0.05) is 12.1 Å². The predicted octanol–water partition coefficient (Wildman–Crippen LogP) is 1.99. The Labute approximate surface area is 118 Å². The molecule has 0 aliphatic heterocycles. The standard InChI is InChI=1S/C13H9N3O3S/c1-16(10-5-3-2-4-8(10)6-14)12(17)11-15-9(7-20-11)13(18)19/h2-5,7H,1H3,(H,18,19). The van der Waals surface area contributed by atoms with E-state index in [-0.39, 0.29) is 10.7 Å². The summed E-state index contributed by atoms with van der Waals surface area (Å²) in [6.45, 7) is 0. The number of nitriles is 1. The zero-order valence-corrected chi connectivity index (χ0v) is 11.2. The van der Waals surface area contributed by atoms with Crippen molar-refractivity contribution in [1.82, 2.24) is 4.98 Å². The zero-order valence-electron chi connectivity index (χ0n) is 10.4. The summed E-state index contributed by atoms with van der Waals surface area (Å²) in [7, 11) is 1.51. The number of amides is 1. The summed E-state index contributed by atoms with van der Waals surface area (Å²) < 4.78 is 0.